The first-order valence-electron chi connectivity index (χ1n) is 7.13. The van der Waals surface area contributed by atoms with E-state index in [0.717, 1.165) is 10.9 Å². The molecule has 0 aliphatic rings. The van der Waals surface area contributed by atoms with Gasteiger partial charge < -0.3 is 5.32 Å². The third kappa shape index (κ3) is 3.43. The van der Waals surface area contributed by atoms with Crippen LogP contribution in [0.5, 0.6) is 0 Å². The number of hydrogen-bond donors (Lipinski definition) is 1. The molecule has 2 heteroatoms. The SMILES string of the molecule is CCc1cc(Br)ccc1NC(C)c1ccc(C)c(C)c1. The number of rotatable bonds is 4. The lowest BCUT2D eigenvalue weighted by Gasteiger charge is -2.19. The molecule has 0 aliphatic heterocycles. The minimum Gasteiger partial charge on any atom is -0.378 e. The van der Waals surface area contributed by atoms with Gasteiger partial charge in [-0.05, 0) is 67.6 Å². The molecule has 0 aliphatic carbocycles. The zero-order valence-corrected chi connectivity index (χ0v) is 14.2. The van der Waals surface area contributed by atoms with Crippen LogP contribution in [0.25, 0.3) is 0 Å². The van der Waals surface area contributed by atoms with Crippen LogP contribution in [-0.4, -0.2) is 0 Å². The Balaban J connectivity index is 2.22. The van der Waals surface area contributed by atoms with Gasteiger partial charge in [-0.2, -0.15) is 0 Å². The van der Waals surface area contributed by atoms with Gasteiger partial charge in [0.1, 0.15) is 0 Å². The van der Waals surface area contributed by atoms with E-state index in [1.54, 1.807) is 0 Å². The lowest BCUT2D eigenvalue weighted by atomic mass is 10.0. The molecular weight excluding hydrogens is 310 g/mol. The Morgan fingerprint density at radius 3 is 2.45 bits per heavy atom. The van der Waals surface area contributed by atoms with Gasteiger partial charge in [-0.25, -0.2) is 0 Å². The van der Waals surface area contributed by atoms with Crippen LogP contribution in [0.1, 0.15) is 42.1 Å². The molecule has 1 atom stereocenters. The first-order valence-corrected chi connectivity index (χ1v) is 7.92. The van der Waals surface area contributed by atoms with Gasteiger partial charge in [-0.1, -0.05) is 41.1 Å². The monoisotopic (exact) mass is 331 g/mol. The molecule has 1 unspecified atom stereocenters. The van der Waals surface area contributed by atoms with Gasteiger partial charge in [-0.15, -0.1) is 0 Å². The van der Waals surface area contributed by atoms with Crippen LogP contribution in [0.3, 0.4) is 0 Å². The van der Waals surface area contributed by atoms with E-state index >= 15 is 0 Å². The van der Waals surface area contributed by atoms with Crippen LogP contribution in [0.15, 0.2) is 40.9 Å². The van der Waals surface area contributed by atoms with Crippen LogP contribution in [0, 0.1) is 13.8 Å². The maximum Gasteiger partial charge on any atom is 0.0485 e. The number of anilines is 1. The summed E-state index contributed by atoms with van der Waals surface area (Å²) in [6.07, 6.45) is 1.03. The summed E-state index contributed by atoms with van der Waals surface area (Å²) in [5.41, 5.74) is 6.59. The van der Waals surface area contributed by atoms with Crippen molar-refractivity contribution in [2.75, 3.05) is 5.32 Å². The van der Waals surface area contributed by atoms with E-state index in [9.17, 15) is 0 Å². The van der Waals surface area contributed by atoms with E-state index in [2.05, 4.69) is 85.3 Å². The predicted molar refractivity (Wildman–Crippen MR) is 91.5 cm³/mol. The topological polar surface area (TPSA) is 12.0 Å². The van der Waals surface area contributed by atoms with E-state index in [1.807, 2.05) is 0 Å². The van der Waals surface area contributed by atoms with Crippen molar-refractivity contribution in [2.45, 2.75) is 40.2 Å². The normalized spacial score (nSPS) is 12.2. The summed E-state index contributed by atoms with van der Waals surface area (Å²) >= 11 is 3.54. The van der Waals surface area contributed by atoms with Crippen molar-refractivity contribution in [2.24, 2.45) is 0 Å². The Labute approximate surface area is 130 Å². The molecule has 0 spiro atoms. The maximum atomic E-state index is 3.63. The second kappa shape index (κ2) is 6.45. The molecule has 2 aromatic rings. The summed E-state index contributed by atoms with van der Waals surface area (Å²) in [6, 6.07) is 13.4. The van der Waals surface area contributed by atoms with E-state index in [1.165, 1.54) is 27.9 Å². The highest BCUT2D eigenvalue weighted by atomic mass is 79.9. The molecule has 0 aromatic heterocycles. The Morgan fingerprint density at radius 2 is 1.80 bits per heavy atom. The Hall–Kier alpha value is -1.28. The molecule has 0 amide bonds. The average molecular weight is 332 g/mol. The number of aryl methyl sites for hydroxylation is 3. The van der Waals surface area contributed by atoms with Crippen LogP contribution < -0.4 is 5.32 Å². The van der Waals surface area contributed by atoms with Crippen LogP contribution in [-0.2, 0) is 6.42 Å². The molecule has 2 rings (SSSR count). The van der Waals surface area contributed by atoms with Crippen LogP contribution in [0.4, 0.5) is 5.69 Å². The molecule has 106 valence electrons. The Kier molecular flexibility index (Phi) is 4.87. The molecule has 0 saturated carbocycles. The summed E-state index contributed by atoms with van der Waals surface area (Å²) in [4.78, 5) is 0. The van der Waals surface area contributed by atoms with Gasteiger partial charge in [0.25, 0.3) is 0 Å². The fourth-order valence-corrected chi connectivity index (χ4v) is 2.75. The summed E-state index contributed by atoms with van der Waals surface area (Å²) in [7, 11) is 0. The molecule has 0 radical (unpaired) electrons. The molecule has 0 bridgehead atoms. The summed E-state index contributed by atoms with van der Waals surface area (Å²) < 4.78 is 1.14. The number of hydrogen-bond acceptors (Lipinski definition) is 1. The number of halogens is 1. The Morgan fingerprint density at radius 1 is 1.05 bits per heavy atom. The van der Waals surface area contributed by atoms with Crippen molar-refractivity contribution >= 4 is 21.6 Å². The van der Waals surface area contributed by atoms with Gasteiger partial charge in [0.2, 0.25) is 0 Å². The molecule has 2 aromatic carbocycles. The minimum atomic E-state index is 0.306. The highest BCUT2D eigenvalue weighted by Crippen LogP contribution is 2.26. The quantitative estimate of drug-likeness (QED) is 0.746. The highest BCUT2D eigenvalue weighted by molar-refractivity contribution is 9.10. The molecule has 1 N–H and O–H groups in total. The fourth-order valence-electron chi connectivity index (χ4n) is 2.35. The zero-order chi connectivity index (χ0) is 14.7. The zero-order valence-electron chi connectivity index (χ0n) is 12.6. The van der Waals surface area contributed by atoms with Crippen molar-refractivity contribution in [3.8, 4) is 0 Å². The van der Waals surface area contributed by atoms with Gasteiger partial charge >= 0.3 is 0 Å². The van der Waals surface area contributed by atoms with Crippen molar-refractivity contribution in [1.29, 1.82) is 0 Å². The highest BCUT2D eigenvalue weighted by Gasteiger charge is 2.09. The van der Waals surface area contributed by atoms with Gasteiger partial charge in [-0.3, -0.25) is 0 Å². The summed E-state index contributed by atoms with van der Waals surface area (Å²) in [6.45, 7) is 8.73. The minimum absolute atomic E-state index is 0.306. The van der Waals surface area contributed by atoms with Gasteiger partial charge in [0, 0.05) is 16.2 Å². The van der Waals surface area contributed by atoms with Crippen molar-refractivity contribution in [3.63, 3.8) is 0 Å². The Bertz CT molecular complexity index is 604. The first-order chi connectivity index (χ1) is 9.51. The van der Waals surface area contributed by atoms with Crippen LogP contribution in [0.2, 0.25) is 0 Å². The molecule has 1 nitrogen and oxygen atoms in total. The lowest BCUT2D eigenvalue weighted by molar-refractivity contribution is 0.876. The smallest absolute Gasteiger partial charge is 0.0485 e. The summed E-state index contributed by atoms with van der Waals surface area (Å²) in [5, 5.41) is 3.63. The van der Waals surface area contributed by atoms with E-state index in [0.29, 0.717) is 6.04 Å². The van der Waals surface area contributed by atoms with Gasteiger partial charge in [0.15, 0.2) is 0 Å². The second-order valence-corrected chi connectivity index (χ2v) is 6.28. The lowest BCUT2D eigenvalue weighted by Crippen LogP contribution is -2.08. The van der Waals surface area contributed by atoms with Gasteiger partial charge in [0.05, 0.1) is 0 Å². The van der Waals surface area contributed by atoms with Crippen LogP contribution >= 0.6 is 15.9 Å². The molecule has 0 saturated heterocycles. The second-order valence-electron chi connectivity index (χ2n) is 5.36. The van der Waals surface area contributed by atoms with E-state index in [-0.39, 0.29) is 0 Å². The van der Waals surface area contributed by atoms with E-state index < -0.39 is 0 Å². The fraction of sp³-hybridized carbons (Fsp3) is 0.333. The standard InChI is InChI=1S/C18H22BrN/c1-5-15-11-17(19)8-9-18(15)20-14(4)16-7-6-12(2)13(3)10-16/h6-11,14,20H,5H2,1-4H3. The van der Waals surface area contributed by atoms with Crippen molar-refractivity contribution in [3.05, 3.63) is 63.1 Å². The third-order valence-corrected chi connectivity index (χ3v) is 4.34. The van der Waals surface area contributed by atoms with E-state index in [4.69, 9.17) is 0 Å². The first kappa shape index (κ1) is 15.1. The molecule has 20 heavy (non-hydrogen) atoms. The maximum absolute atomic E-state index is 3.63. The average Bonchev–Trinajstić information content (AvgIpc) is 2.43. The predicted octanol–water partition coefficient (Wildman–Crippen LogP) is 5.80. The molecule has 0 heterocycles. The largest absolute Gasteiger partial charge is 0.378 e. The van der Waals surface area contributed by atoms with Crippen molar-refractivity contribution in [1.82, 2.24) is 0 Å². The number of nitrogens with one attached hydrogen (secondary N) is 1. The molecule has 0 fully saturated rings. The molecular formula is C18H22BrN. The summed E-state index contributed by atoms with van der Waals surface area (Å²) in [5.74, 6) is 0. The third-order valence-electron chi connectivity index (χ3n) is 3.85. The number of benzene rings is 2. The van der Waals surface area contributed by atoms with Crippen molar-refractivity contribution < 1.29 is 0 Å².